The van der Waals surface area contributed by atoms with E-state index in [1.807, 2.05) is 0 Å². The Morgan fingerprint density at radius 2 is 1.88 bits per heavy atom. The lowest BCUT2D eigenvalue weighted by Crippen LogP contribution is -2.14. The van der Waals surface area contributed by atoms with Crippen LogP contribution in [0.4, 0.5) is 11.4 Å². The molecule has 0 aliphatic heterocycles. The van der Waals surface area contributed by atoms with E-state index < -0.39 is 20.2 Å². The van der Waals surface area contributed by atoms with E-state index in [1.165, 1.54) is 12.1 Å². The molecule has 0 spiro atoms. The molecule has 0 saturated heterocycles. The summed E-state index contributed by atoms with van der Waals surface area (Å²) in [7, 11) is -3.75. The summed E-state index contributed by atoms with van der Waals surface area (Å²) in [6, 6.07) is 2.74. The van der Waals surface area contributed by atoms with Gasteiger partial charge in [-0.3, -0.25) is 14.8 Å². The van der Waals surface area contributed by atoms with Gasteiger partial charge in [-0.1, -0.05) is 0 Å². The number of rotatable bonds is 4. The first kappa shape index (κ1) is 13.7. The van der Waals surface area contributed by atoms with Crippen LogP contribution in [0.3, 0.4) is 0 Å². The van der Waals surface area contributed by atoms with Gasteiger partial charge in [0.15, 0.2) is 0 Å². The number of nitrogens with one attached hydrogen (secondary N) is 1. The Morgan fingerprint density at radius 1 is 1.35 bits per heavy atom. The summed E-state index contributed by atoms with van der Waals surface area (Å²) in [5.74, 6) is 0. The number of anilines is 1. The number of hydrogen-bond donors (Lipinski definition) is 1. The van der Waals surface area contributed by atoms with E-state index in [0.717, 1.165) is 5.56 Å². The van der Waals surface area contributed by atoms with Crippen LogP contribution in [0.25, 0.3) is 0 Å². The highest BCUT2D eigenvalue weighted by Crippen LogP contribution is 2.28. The molecule has 0 heterocycles. The Balaban J connectivity index is 3.32. The standard InChI is InChI=1S/C9H11ClN2O4S/c1-6-3-8(11-17(15,16)5-10)9(12(13)14)4-7(6)2/h3-4,11H,5H2,1-2H3. The van der Waals surface area contributed by atoms with Crippen molar-refractivity contribution >= 4 is 33.0 Å². The van der Waals surface area contributed by atoms with Gasteiger partial charge in [0, 0.05) is 6.07 Å². The average molecular weight is 279 g/mol. The van der Waals surface area contributed by atoms with E-state index in [9.17, 15) is 18.5 Å². The third-order valence-corrected chi connectivity index (χ3v) is 3.90. The van der Waals surface area contributed by atoms with Crippen molar-refractivity contribution in [2.75, 3.05) is 9.93 Å². The van der Waals surface area contributed by atoms with E-state index in [1.54, 1.807) is 13.8 Å². The normalized spacial score (nSPS) is 11.2. The quantitative estimate of drug-likeness (QED) is 0.519. The molecular formula is C9H11ClN2O4S. The van der Waals surface area contributed by atoms with E-state index in [4.69, 9.17) is 11.6 Å². The Bertz CT molecular complexity index is 556. The van der Waals surface area contributed by atoms with Crippen molar-refractivity contribution in [1.29, 1.82) is 0 Å². The number of aryl methyl sites for hydroxylation is 2. The lowest BCUT2D eigenvalue weighted by molar-refractivity contribution is -0.383. The molecule has 0 atom stereocenters. The number of hydrogen-bond acceptors (Lipinski definition) is 4. The number of nitro groups is 1. The highest BCUT2D eigenvalue weighted by atomic mass is 35.5. The summed E-state index contributed by atoms with van der Waals surface area (Å²) in [4.78, 5) is 10.2. The molecule has 6 nitrogen and oxygen atoms in total. The first-order chi connectivity index (χ1) is 7.76. The van der Waals surface area contributed by atoms with Crippen molar-refractivity contribution in [3.63, 3.8) is 0 Å². The van der Waals surface area contributed by atoms with Crippen LogP contribution in [0.2, 0.25) is 0 Å². The molecule has 0 saturated carbocycles. The van der Waals surface area contributed by atoms with Gasteiger partial charge in [0.05, 0.1) is 4.92 Å². The molecule has 1 rings (SSSR count). The molecule has 0 bridgehead atoms. The minimum atomic E-state index is -3.75. The summed E-state index contributed by atoms with van der Waals surface area (Å²) < 4.78 is 24.6. The smallest absolute Gasteiger partial charge is 0.276 e. The minimum absolute atomic E-state index is 0.0706. The molecule has 8 heteroatoms. The zero-order valence-electron chi connectivity index (χ0n) is 9.23. The maximum atomic E-state index is 11.3. The molecule has 1 aromatic rings. The first-order valence-electron chi connectivity index (χ1n) is 4.59. The first-order valence-corrected chi connectivity index (χ1v) is 6.77. The number of halogens is 1. The second-order valence-electron chi connectivity index (χ2n) is 3.54. The lowest BCUT2D eigenvalue weighted by atomic mass is 10.1. The second-order valence-corrected chi connectivity index (χ2v) is 5.84. The van der Waals surface area contributed by atoms with Crippen LogP contribution < -0.4 is 4.72 Å². The van der Waals surface area contributed by atoms with Gasteiger partial charge in [0.1, 0.15) is 10.9 Å². The van der Waals surface area contributed by atoms with Gasteiger partial charge >= 0.3 is 0 Å². The average Bonchev–Trinajstić information content (AvgIpc) is 2.22. The molecule has 1 N–H and O–H groups in total. The molecule has 0 radical (unpaired) electrons. The zero-order valence-corrected chi connectivity index (χ0v) is 10.8. The van der Waals surface area contributed by atoms with Gasteiger partial charge in [-0.15, -0.1) is 11.6 Å². The number of sulfonamides is 1. The van der Waals surface area contributed by atoms with Crippen molar-refractivity contribution in [3.05, 3.63) is 33.4 Å². The SMILES string of the molecule is Cc1cc(NS(=O)(=O)CCl)c([N+](=O)[O-])cc1C. The maximum Gasteiger partial charge on any atom is 0.293 e. The van der Waals surface area contributed by atoms with Crippen LogP contribution in [0.15, 0.2) is 12.1 Å². The third kappa shape index (κ3) is 3.31. The lowest BCUT2D eigenvalue weighted by Gasteiger charge is -2.08. The summed E-state index contributed by atoms with van der Waals surface area (Å²) >= 11 is 5.23. The van der Waals surface area contributed by atoms with Crippen molar-refractivity contribution in [1.82, 2.24) is 0 Å². The fraction of sp³-hybridized carbons (Fsp3) is 0.333. The largest absolute Gasteiger partial charge is 0.293 e. The fourth-order valence-electron chi connectivity index (χ4n) is 1.23. The predicted molar refractivity (Wildman–Crippen MR) is 65.8 cm³/mol. The van der Waals surface area contributed by atoms with Gasteiger partial charge in [-0.25, -0.2) is 8.42 Å². The van der Waals surface area contributed by atoms with Crippen LogP contribution in [0, 0.1) is 24.0 Å². The monoisotopic (exact) mass is 278 g/mol. The summed E-state index contributed by atoms with van der Waals surface area (Å²) in [5, 5.41) is 10.1. The Morgan fingerprint density at radius 3 is 2.35 bits per heavy atom. The van der Waals surface area contributed by atoms with Crippen LogP contribution >= 0.6 is 11.6 Å². The van der Waals surface area contributed by atoms with Crippen LogP contribution in [-0.2, 0) is 10.0 Å². The number of alkyl halides is 1. The molecule has 0 aliphatic rings. The molecule has 0 aliphatic carbocycles. The highest BCUT2D eigenvalue weighted by Gasteiger charge is 2.19. The summed E-state index contributed by atoms with van der Waals surface area (Å²) in [5.41, 5.74) is 1.11. The zero-order chi connectivity index (χ0) is 13.2. The summed E-state index contributed by atoms with van der Waals surface area (Å²) in [6.45, 7) is 3.44. The van der Waals surface area contributed by atoms with Crippen LogP contribution in [-0.4, -0.2) is 18.6 Å². The second kappa shape index (κ2) is 4.89. The van der Waals surface area contributed by atoms with E-state index in [-0.39, 0.29) is 11.4 Å². The number of benzene rings is 1. The highest BCUT2D eigenvalue weighted by molar-refractivity contribution is 7.93. The van der Waals surface area contributed by atoms with Crippen LogP contribution in [0.5, 0.6) is 0 Å². The predicted octanol–water partition coefficient (Wildman–Crippen LogP) is 2.15. The van der Waals surface area contributed by atoms with Gasteiger partial charge in [0.2, 0.25) is 10.0 Å². The van der Waals surface area contributed by atoms with Gasteiger partial charge in [-0.05, 0) is 31.0 Å². The molecule has 0 unspecified atom stereocenters. The van der Waals surface area contributed by atoms with Crippen molar-refractivity contribution < 1.29 is 13.3 Å². The van der Waals surface area contributed by atoms with Gasteiger partial charge in [-0.2, -0.15) is 0 Å². The topological polar surface area (TPSA) is 89.3 Å². The Hall–Kier alpha value is -1.34. The van der Waals surface area contributed by atoms with E-state index >= 15 is 0 Å². The Kier molecular flexibility index (Phi) is 3.94. The maximum absolute atomic E-state index is 11.3. The summed E-state index contributed by atoms with van der Waals surface area (Å²) in [6.07, 6.45) is 0. The van der Waals surface area contributed by atoms with Crippen LogP contribution in [0.1, 0.15) is 11.1 Å². The molecule has 17 heavy (non-hydrogen) atoms. The van der Waals surface area contributed by atoms with E-state index in [2.05, 4.69) is 4.72 Å². The molecule has 0 amide bonds. The fourth-order valence-corrected chi connectivity index (χ4v) is 1.95. The number of nitro benzene ring substituents is 1. The van der Waals surface area contributed by atoms with Crippen molar-refractivity contribution in [2.24, 2.45) is 0 Å². The molecule has 0 fully saturated rings. The van der Waals surface area contributed by atoms with Gasteiger partial charge in [0.25, 0.3) is 5.69 Å². The molecule has 1 aromatic carbocycles. The van der Waals surface area contributed by atoms with Gasteiger partial charge < -0.3 is 0 Å². The van der Waals surface area contributed by atoms with Crippen molar-refractivity contribution in [3.8, 4) is 0 Å². The third-order valence-electron chi connectivity index (χ3n) is 2.22. The number of nitrogens with zero attached hydrogens (tertiary/aromatic N) is 1. The van der Waals surface area contributed by atoms with Crippen molar-refractivity contribution in [2.45, 2.75) is 13.8 Å². The molecular weight excluding hydrogens is 268 g/mol. The minimum Gasteiger partial charge on any atom is -0.276 e. The molecule has 0 aromatic heterocycles. The molecule has 94 valence electrons. The Labute approximate surface area is 104 Å². The van der Waals surface area contributed by atoms with E-state index in [0.29, 0.717) is 5.56 Å².